The largest absolute Gasteiger partial charge is 0.494 e. The lowest BCUT2D eigenvalue weighted by molar-refractivity contribution is 0.102. The van der Waals surface area contributed by atoms with Crippen molar-refractivity contribution in [1.82, 2.24) is 4.98 Å². The standard InChI is InChI=1S/C19H20N2O2/c1-4-23-18-8-5-14(9-12(18)2)19(22)21-16-6-7-17-15(11-16)10-13(3)20-17/h5-11,20H,4H2,1-3H3,(H,21,22). The lowest BCUT2D eigenvalue weighted by atomic mass is 10.1. The molecular weight excluding hydrogens is 288 g/mol. The monoisotopic (exact) mass is 308 g/mol. The van der Waals surface area contributed by atoms with Crippen molar-refractivity contribution in [2.24, 2.45) is 0 Å². The number of rotatable bonds is 4. The number of carbonyl (C=O) groups excluding carboxylic acids is 1. The molecule has 0 atom stereocenters. The van der Waals surface area contributed by atoms with Crippen LogP contribution in [-0.2, 0) is 0 Å². The fourth-order valence-electron chi connectivity index (χ4n) is 2.67. The number of benzene rings is 2. The van der Waals surface area contributed by atoms with Crippen molar-refractivity contribution in [3.05, 3.63) is 59.3 Å². The minimum absolute atomic E-state index is 0.122. The van der Waals surface area contributed by atoms with Gasteiger partial charge in [-0.3, -0.25) is 4.79 Å². The van der Waals surface area contributed by atoms with Gasteiger partial charge >= 0.3 is 0 Å². The summed E-state index contributed by atoms with van der Waals surface area (Å²) in [5, 5.41) is 4.03. The van der Waals surface area contributed by atoms with Gasteiger partial charge in [0, 0.05) is 27.8 Å². The van der Waals surface area contributed by atoms with Gasteiger partial charge in [-0.05, 0) is 68.8 Å². The molecule has 0 aliphatic rings. The third-order valence-electron chi connectivity index (χ3n) is 3.75. The van der Waals surface area contributed by atoms with Crippen LogP contribution < -0.4 is 10.1 Å². The molecule has 0 bridgehead atoms. The van der Waals surface area contributed by atoms with Gasteiger partial charge < -0.3 is 15.0 Å². The normalized spacial score (nSPS) is 10.7. The van der Waals surface area contributed by atoms with E-state index >= 15 is 0 Å². The summed E-state index contributed by atoms with van der Waals surface area (Å²) in [5.74, 6) is 0.691. The van der Waals surface area contributed by atoms with Gasteiger partial charge in [0.05, 0.1) is 6.61 Å². The highest BCUT2D eigenvalue weighted by molar-refractivity contribution is 6.05. The number of anilines is 1. The lowest BCUT2D eigenvalue weighted by Gasteiger charge is -2.10. The number of aryl methyl sites for hydroxylation is 2. The first-order valence-corrected chi connectivity index (χ1v) is 7.71. The van der Waals surface area contributed by atoms with Crippen LogP contribution in [0, 0.1) is 13.8 Å². The zero-order valence-corrected chi connectivity index (χ0v) is 13.6. The molecule has 1 aromatic heterocycles. The number of H-pyrrole nitrogens is 1. The van der Waals surface area contributed by atoms with E-state index in [1.54, 1.807) is 6.07 Å². The Morgan fingerprint density at radius 1 is 1.13 bits per heavy atom. The third kappa shape index (κ3) is 3.21. The molecule has 4 nitrogen and oxygen atoms in total. The molecule has 0 aliphatic heterocycles. The van der Waals surface area contributed by atoms with Crippen LogP contribution >= 0.6 is 0 Å². The molecule has 3 rings (SSSR count). The molecule has 0 spiro atoms. The van der Waals surface area contributed by atoms with Crippen molar-refractivity contribution in [3.63, 3.8) is 0 Å². The fourth-order valence-corrected chi connectivity index (χ4v) is 2.67. The Balaban J connectivity index is 1.80. The molecule has 118 valence electrons. The van der Waals surface area contributed by atoms with E-state index in [1.807, 2.05) is 51.1 Å². The Bertz CT molecular complexity index is 865. The summed E-state index contributed by atoms with van der Waals surface area (Å²) in [6, 6.07) is 13.4. The van der Waals surface area contributed by atoms with Crippen molar-refractivity contribution < 1.29 is 9.53 Å². The number of aromatic amines is 1. The van der Waals surface area contributed by atoms with Crippen LogP contribution in [0.3, 0.4) is 0 Å². The predicted molar refractivity (Wildman–Crippen MR) is 93.3 cm³/mol. The number of aromatic nitrogens is 1. The highest BCUT2D eigenvalue weighted by Gasteiger charge is 2.09. The van der Waals surface area contributed by atoms with Gasteiger partial charge in [0.2, 0.25) is 0 Å². The van der Waals surface area contributed by atoms with Crippen LogP contribution in [0.1, 0.15) is 28.5 Å². The minimum atomic E-state index is -0.122. The molecule has 2 N–H and O–H groups in total. The SMILES string of the molecule is CCOc1ccc(C(=O)Nc2ccc3[nH]c(C)cc3c2)cc1C. The summed E-state index contributed by atoms with van der Waals surface area (Å²) in [6.07, 6.45) is 0. The van der Waals surface area contributed by atoms with Gasteiger partial charge in [-0.15, -0.1) is 0 Å². The topological polar surface area (TPSA) is 54.1 Å². The van der Waals surface area contributed by atoms with E-state index in [0.29, 0.717) is 12.2 Å². The van der Waals surface area contributed by atoms with Gasteiger partial charge in [0.15, 0.2) is 0 Å². The van der Waals surface area contributed by atoms with Crippen LogP contribution in [-0.4, -0.2) is 17.5 Å². The predicted octanol–water partition coefficient (Wildman–Crippen LogP) is 4.44. The Kier molecular flexibility index (Phi) is 4.06. The summed E-state index contributed by atoms with van der Waals surface area (Å²) in [5.41, 5.74) is 4.53. The number of amides is 1. The van der Waals surface area contributed by atoms with Crippen molar-refractivity contribution >= 4 is 22.5 Å². The van der Waals surface area contributed by atoms with Gasteiger partial charge in [0.1, 0.15) is 5.75 Å². The summed E-state index contributed by atoms with van der Waals surface area (Å²) < 4.78 is 5.50. The number of nitrogens with one attached hydrogen (secondary N) is 2. The highest BCUT2D eigenvalue weighted by Crippen LogP contribution is 2.22. The van der Waals surface area contributed by atoms with E-state index in [2.05, 4.69) is 16.4 Å². The van der Waals surface area contributed by atoms with E-state index in [1.165, 1.54) is 0 Å². The van der Waals surface area contributed by atoms with E-state index < -0.39 is 0 Å². The number of carbonyl (C=O) groups is 1. The second-order valence-electron chi connectivity index (χ2n) is 5.62. The van der Waals surface area contributed by atoms with Gasteiger partial charge in [-0.1, -0.05) is 0 Å². The van der Waals surface area contributed by atoms with Crippen LogP contribution in [0.2, 0.25) is 0 Å². The zero-order chi connectivity index (χ0) is 16.4. The molecule has 0 saturated heterocycles. The van der Waals surface area contributed by atoms with Crippen LogP contribution in [0.5, 0.6) is 5.75 Å². The first-order chi connectivity index (χ1) is 11.1. The number of ether oxygens (including phenoxy) is 1. The maximum atomic E-state index is 12.4. The molecule has 2 aromatic carbocycles. The number of hydrogen-bond acceptors (Lipinski definition) is 2. The van der Waals surface area contributed by atoms with Gasteiger partial charge in [-0.25, -0.2) is 0 Å². The Morgan fingerprint density at radius 3 is 2.70 bits per heavy atom. The summed E-state index contributed by atoms with van der Waals surface area (Å²) in [6.45, 7) is 6.51. The molecule has 0 unspecified atom stereocenters. The van der Waals surface area contributed by atoms with Crippen molar-refractivity contribution in [3.8, 4) is 5.75 Å². The third-order valence-corrected chi connectivity index (χ3v) is 3.75. The van der Waals surface area contributed by atoms with Crippen molar-refractivity contribution in [2.45, 2.75) is 20.8 Å². The average molecular weight is 308 g/mol. The molecule has 0 aliphatic carbocycles. The van der Waals surface area contributed by atoms with Crippen LogP contribution in [0.25, 0.3) is 10.9 Å². The smallest absolute Gasteiger partial charge is 0.255 e. The molecule has 0 saturated carbocycles. The Hall–Kier alpha value is -2.75. The Labute approximate surface area is 135 Å². The molecular formula is C19H20N2O2. The number of fused-ring (bicyclic) bond motifs is 1. The first kappa shape index (κ1) is 15.2. The van der Waals surface area contributed by atoms with E-state index in [9.17, 15) is 4.79 Å². The highest BCUT2D eigenvalue weighted by atomic mass is 16.5. The quantitative estimate of drug-likeness (QED) is 0.749. The van der Waals surface area contributed by atoms with Crippen LogP contribution in [0.4, 0.5) is 5.69 Å². The summed E-state index contributed by atoms with van der Waals surface area (Å²) >= 11 is 0. The van der Waals surface area contributed by atoms with Gasteiger partial charge in [0.25, 0.3) is 5.91 Å². The molecule has 0 fully saturated rings. The zero-order valence-electron chi connectivity index (χ0n) is 13.6. The number of hydrogen-bond donors (Lipinski definition) is 2. The molecule has 1 heterocycles. The van der Waals surface area contributed by atoms with Crippen molar-refractivity contribution in [2.75, 3.05) is 11.9 Å². The van der Waals surface area contributed by atoms with Gasteiger partial charge in [-0.2, -0.15) is 0 Å². The maximum absolute atomic E-state index is 12.4. The molecule has 23 heavy (non-hydrogen) atoms. The molecule has 4 heteroatoms. The second kappa shape index (κ2) is 6.16. The Morgan fingerprint density at radius 2 is 1.96 bits per heavy atom. The van der Waals surface area contributed by atoms with Crippen molar-refractivity contribution in [1.29, 1.82) is 0 Å². The van der Waals surface area contributed by atoms with E-state index in [4.69, 9.17) is 4.74 Å². The first-order valence-electron chi connectivity index (χ1n) is 7.71. The van der Waals surface area contributed by atoms with Crippen LogP contribution in [0.15, 0.2) is 42.5 Å². The second-order valence-corrected chi connectivity index (χ2v) is 5.62. The minimum Gasteiger partial charge on any atom is -0.494 e. The molecule has 0 radical (unpaired) electrons. The van der Waals surface area contributed by atoms with E-state index in [0.717, 1.165) is 33.6 Å². The molecule has 1 amide bonds. The fraction of sp³-hybridized carbons (Fsp3) is 0.211. The lowest BCUT2D eigenvalue weighted by Crippen LogP contribution is -2.12. The average Bonchev–Trinajstić information content (AvgIpc) is 2.88. The maximum Gasteiger partial charge on any atom is 0.255 e. The summed E-state index contributed by atoms with van der Waals surface area (Å²) in [4.78, 5) is 15.7. The molecule has 3 aromatic rings. The summed E-state index contributed by atoms with van der Waals surface area (Å²) in [7, 11) is 0. The van der Waals surface area contributed by atoms with E-state index in [-0.39, 0.29) is 5.91 Å².